The van der Waals surface area contributed by atoms with Gasteiger partial charge in [-0.3, -0.25) is 4.79 Å². The van der Waals surface area contributed by atoms with Crippen molar-refractivity contribution in [3.8, 4) is 0 Å². The zero-order valence-electron chi connectivity index (χ0n) is 11.4. The Labute approximate surface area is 126 Å². The largest absolute Gasteiger partial charge is 0.478 e. The molecule has 0 radical (unpaired) electrons. The Bertz CT molecular complexity index is 663. The summed E-state index contributed by atoms with van der Waals surface area (Å²) in [6.45, 7) is 0. The normalized spacial score (nSPS) is 9.64. The Morgan fingerprint density at radius 3 is 1.91 bits per heavy atom. The molecule has 0 saturated heterocycles. The van der Waals surface area contributed by atoms with Crippen molar-refractivity contribution in [2.75, 3.05) is 0 Å². The highest BCUT2D eigenvalue weighted by molar-refractivity contribution is 6.09. The Balaban J connectivity index is 0.000000745. The third kappa shape index (κ3) is 5.38. The van der Waals surface area contributed by atoms with E-state index in [1.807, 2.05) is 18.2 Å². The van der Waals surface area contributed by atoms with Crippen molar-refractivity contribution >= 4 is 17.8 Å². The molecule has 0 heterocycles. The second-order valence-electron chi connectivity index (χ2n) is 4.07. The molecule has 0 aliphatic heterocycles. The van der Waals surface area contributed by atoms with Crippen LogP contribution in [-0.2, 0) is 4.79 Å². The summed E-state index contributed by atoms with van der Waals surface area (Å²) < 4.78 is 0. The minimum absolute atomic E-state index is 0.0469. The van der Waals surface area contributed by atoms with Crippen molar-refractivity contribution in [2.45, 2.75) is 0 Å². The van der Waals surface area contributed by atoms with Crippen LogP contribution in [0.2, 0.25) is 0 Å². The molecule has 0 spiro atoms. The Morgan fingerprint density at radius 2 is 1.41 bits per heavy atom. The number of benzene rings is 2. The quantitative estimate of drug-likeness (QED) is 0.390. The van der Waals surface area contributed by atoms with Crippen LogP contribution in [0.4, 0.5) is 0 Å². The van der Waals surface area contributed by atoms with Crippen LogP contribution in [0.3, 0.4) is 0 Å². The highest BCUT2D eigenvalue weighted by Crippen LogP contribution is 2.11. The maximum atomic E-state index is 12.1. The summed E-state index contributed by atoms with van der Waals surface area (Å²) in [4.78, 5) is 30.6. The van der Waals surface area contributed by atoms with Crippen LogP contribution >= 0.6 is 0 Å². The van der Waals surface area contributed by atoms with E-state index in [0.717, 1.165) is 11.6 Å². The van der Waals surface area contributed by atoms with Gasteiger partial charge in [-0.25, -0.2) is 4.79 Å². The predicted molar refractivity (Wildman–Crippen MR) is 80.6 cm³/mol. The summed E-state index contributed by atoms with van der Waals surface area (Å²) in [7, 11) is 0. The van der Waals surface area contributed by atoms with E-state index in [0.29, 0.717) is 11.1 Å². The van der Waals surface area contributed by atoms with Crippen molar-refractivity contribution in [1.82, 2.24) is 0 Å². The molecule has 0 unspecified atom stereocenters. The molecule has 2 rings (SSSR count). The zero-order valence-corrected chi connectivity index (χ0v) is 11.4. The third-order valence-electron chi connectivity index (χ3n) is 2.63. The van der Waals surface area contributed by atoms with Crippen molar-refractivity contribution in [1.29, 1.82) is 0 Å². The van der Waals surface area contributed by atoms with Crippen molar-refractivity contribution in [3.05, 3.63) is 82.3 Å². The van der Waals surface area contributed by atoms with E-state index in [2.05, 4.69) is 0 Å². The molecule has 0 fully saturated rings. The average Bonchev–Trinajstić information content (AvgIpc) is 2.54. The lowest BCUT2D eigenvalue weighted by Crippen LogP contribution is -2.00. The van der Waals surface area contributed by atoms with Crippen molar-refractivity contribution < 1.29 is 19.9 Å². The predicted octanol–water partition coefficient (Wildman–Crippen LogP) is 3.16. The Hall–Kier alpha value is -3.28. The van der Waals surface area contributed by atoms with E-state index in [-0.39, 0.29) is 5.78 Å². The van der Waals surface area contributed by atoms with E-state index < -0.39 is 5.97 Å². The molecule has 6 heteroatoms. The number of carbonyl (C=O) groups is 2. The van der Waals surface area contributed by atoms with Crippen LogP contribution in [-0.4, -0.2) is 22.1 Å². The SMILES string of the molecule is O=C(O)C=Cc1ccc(C(=O)c2ccccc2)cc1.O=NO. The van der Waals surface area contributed by atoms with E-state index in [4.69, 9.17) is 15.2 Å². The van der Waals surface area contributed by atoms with E-state index in [9.17, 15) is 9.59 Å². The Kier molecular flexibility index (Phi) is 6.71. The maximum absolute atomic E-state index is 12.1. The summed E-state index contributed by atoms with van der Waals surface area (Å²) in [6.07, 6.45) is 2.55. The number of ketones is 1. The van der Waals surface area contributed by atoms with Crippen molar-refractivity contribution in [3.63, 3.8) is 0 Å². The fourth-order valence-corrected chi connectivity index (χ4v) is 1.67. The first-order valence-corrected chi connectivity index (χ1v) is 6.16. The van der Waals surface area contributed by atoms with Gasteiger partial charge < -0.3 is 10.3 Å². The summed E-state index contributed by atoms with van der Waals surface area (Å²) in [6, 6.07) is 15.8. The molecule has 0 atom stereocenters. The van der Waals surface area contributed by atoms with Gasteiger partial charge in [-0.1, -0.05) is 54.6 Å². The molecule has 22 heavy (non-hydrogen) atoms. The van der Waals surface area contributed by atoms with Crippen LogP contribution in [0.25, 0.3) is 6.08 Å². The summed E-state index contributed by atoms with van der Waals surface area (Å²) >= 11 is 0. The van der Waals surface area contributed by atoms with Crippen molar-refractivity contribution in [2.24, 2.45) is 5.34 Å². The van der Waals surface area contributed by atoms with E-state index >= 15 is 0 Å². The van der Waals surface area contributed by atoms with Gasteiger partial charge in [0.05, 0.1) is 0 Å². The molecule has 0 amide bonds. The van der Waals surface area contributed by atoms with E-state index in [1.54, 1.807) is 36.4 Å². The molecule has 2 aromatic rings. The second kappa shape index (κ2) is 8.80. The smallest absolute Gasteiger partial charge is 0.328 e. The van der Waals surface area contributed by atoms with E-state index in [1.165, 1.54) is 11.4 Å². The van der Waals surface area contributed by atoms with Gasteiger partial charge in [-0.15, -0.1) is 4.91 Å². The second-order valence-corrected chi connectivity index (χ2v) is 4.07. The highest BCUT2D eigenvalue weighted by Gasteiger charge is 2.07. The molecule has 112 valence electrons. The monoisotopic (exact) mass is 299 g/mol. The van der Waals surface area contributed by atoms with Crippen LogP contribution in [0.5, 0.6) is 0 Å². The van der Waals surface area contributed by atoms with Gasteiger partial charge in [0.25, 0.3) is 0 Å². The van der Waals surface area contributed by atoms with Crippen LogP contribution in [0, 0.1) is 4.91 Å². The molecule has 0 saturated carbocycles. The lowest BCUT2D eigenvalue weighted by Gasteiger charge is -2.01. The number of carbonyl (C=O) groups excluding carboxylic acids is 1. The maximum Gasteiger partial charge on any atom is 0.328 e. The van der Waals surface area contributed by atoms with Gasteiger partial charge in [0.2, 0.25) is 0 Å². The summed E-state index contributed by atoms with van der Waals surface area (Å²) in [5, 5.41) is 16.4. The molecule has 6 nitrogen and oxygen atoms in total. The minimum atomic E-state index is -0.996. The first kappa shape index (κ1) is 16.8. The van der Waals surface area contributed by atoms with Gasteiger partial charge in [-0.2, -0.15) is 0 Å². The standard InChI is InChI=1S/C16H12O3.HNO2/c17-15(18)11-8-12-6-9-14(10-7-12)16(19)13-4-2-1-3-5-13;2-1-3/h1-11H,(H,17,18);(H,2,3). The molecular weight excluding hydrogens is 286 g/mol. The first-order valence-electron chi connectivity index (χ1n) is 6.16. The molecule has 2 N–H and O–H groups in total. The van der Waals surface area contributed by atoms with Crippen LogP contribution in [0.1, 0.15) is 21.5 Å². The topological polar surface area (TPSA) is 104 Å². The van der Waals surface area contributed by atoms with Crippen LogP contribution < -0.4 is 0 Å². The summed E-state index contributed by atoms with van der Waals surface area (Å²) in [5.41, 5.74) is 1.96. The molecule has 0 bridgehead atoms. The van der Waals surface area contributed by atoms with Gasteiger partial charge in [0, 0.05) is 17.2 Å². The van der Waals surface area contributed by atoms with Gasteiger partial charge in [0.15, 0.2) is 11.1 Å². The number of rotatable bonds is 4. The average molecular weight is 299 g/mol. The number of hydrogen-bond donors (Lipinski definition) is 2. The molecule has 0 aliphatic carbocycles. The number of carboxylic acid groups (broad SMARTS) is 1. The van der Waals surface area contributed by atoms with Gasteiger partial charge in [0.1, 0.15) is 0 Å². The number of nitrogens with zero attached hydrogens (tertiary/aromatic N) is 1. The van der Waals surface area contributed by atoms with Crippen LogP contribution in [0.15, 0.2) is 66.0 Å². The molecule has 0 aromatic heterocycles. The van der Waals surface area contributed by atoms with Gasteiger partial charge in [-0.05, 0) is 11.6 Å². The van der Waals surface area contributed by atoms with Gasteiger partial charge >= 0.3 is 5.97 Å². The lowest BCUT2D eigenvalue weighted by atomic mass is 10.0. The third-order valence-corrected chi connectivity index (χ3v) is 2.63. The zero-order chi connectivity index (χ0) is 16.4. The molecular formula is C16H13NO5. The first-order chi connectivity index (χ1) is 10.6. The fraction of sp³-hybridized carbons (Fsp3) is 0. The lowest BCUT2D eigenvalue weighted by molar-refractivity contribution is -0.131. The number of carboxylic acids is 1. The fourth-order valence-electron chi connectivity index (χ4n) is 1.67. The molecule has 2 aromatic carbocycles. The number of hydrogen-bond acceptors (Lipinski definition) is 4. The summed E-state index contributed by atoms with van der Waals surface area (Å²) in [5.74, 6) is -1.04. The Morgan fingerprint density at radius 1 is 0.909 bits per heavy atom. The number of aliphatic carboxylic acids is 1. The molecule has 0 aliphatic rings. The highest BCUT2D eigenvalue weighted by atomic mass is 16.6. The minimum Gasteiger partial charge on any atom is -0.478 e.